The quantitative estimate of drug-likeness (QED) is 0.899. The molecule has 0 aliphatic carbocycles. The Labute approximate surface area is 108 Å². The Morgan fingerprint density at radius 3 is 2.47 bits per heavy atom. The van der Waals surface area contributed by atoms with Gasteiger partial charge in [-0.1, -0.05) is 44.5 Å². The maximum atomic E-state index is 12.0. The molecule has 0 heterocycles. The average molecular weight is 254 g/mol. The predicted molar refractivity (Wildman–Crippen MR) is 72.3 cm³/mol. The number of Topliss-reactive ketones (excluding diaryl/α,β-unsaturated/α-hetero) is 1. The average Bonchev–Trinajstić information content (AvgIpc) is 2.19. The Morgan fingerprint density at radius 2 is 2.00 bits per heavy atom. The van der Waals surface area contributed by atoms with E-state index in [-0.39, 0.29) is 11.2 Å². The molecule has 0 aliphatic rings. The third-order valence-corrected chi connectivity index (χ3v) is 3.20. The van der Waals surface area contributed by atoms with Crippen LogP contribution in [0.15, 0.2) is 18.2 Å². The van der Waals surface area contributed by atoms with E-state index in [0.29, 0.717) is 11.4 Å². The summed E-state index contributed by atoms with van der Waals surface area (Å²) in [6.45, 7) is 7.86. The first kappa shape index (κ1) is 14.2. The topological polar surface area (TPSA) is 43.1 Å². The van der Waals surface area contributed by atoms with Crippen LogP contribution in [-0.4, -0.2) is 11.8 Å². The standard InChI is InChI=1S/C14H20ClNO/c1-9-5-6-10(11(15)7-9)8-12(17)13(16)14(2,3)4/h5-7,13H,8,16H2,1-4H3. The molecule has 0 spiro atoms. The van der Waals surface area contributed by atoms with Gasteiger partial charge in [0.05, 0.1) is 6.04 Å². The molecule has 1 atom stereocenters. The van der Waals surface area contributed by atoms with Crippen molar-refractivity contribution in [1.29, 1.82) is 0 Å². The Balaban J connectivity index is 2.82. The first-order chi connectivity index (χ1) is 7.71. The molecule has 1 aromatic carbocycles. The number of hydrogen-bond acceptors (Lipinski definition) is 2. The first-order valence-corrected chi connectivity index (χ1v) is 6.13. The third kappa shape index (κ3) is 3.83. The molecular weight excluding hydrogens is 234 g/mol. The lowest BCUT2D eigenvalue weighted by molar-refractivity contribution is -0.121. The Hall–Kier alpha value is -0.860. The van der Waals surface area contributed by atoms with Crippen molar-refractivity contribution in [2.24, 2.45) is 11.1 Å². The van der Waals surface area contributed by atoms with Crippen molar-refractivity contribution in [2.75, 3.05) is 0 Å². The molecule has 17 heavy (non-hydrogen) atoms. The van der Waals surface area contributed by atoms with Gasteiger partial charge in [-0.3, -0.25) is 4.79 Å². The molecule has 0 saturated carbocycles. The summed E-state index contributed by atoms with van der Waals surface area (Å²) in [6, 6.07) is 5.26. The van der Waals surface area contributed by atoms with Gasteiger partial charge in [0.2, 0.25) is 0 Å². The molecular formula is C14H20ClNO. The molecule has 0 amide bonds. The zero-order valence-corrected chi connectivity index (χ0v) is 11.6. The van der Waals surface area contributed by atoms with E-state index in [1.54, 1.807) is 0 Å². The van der Waals surface area contributed by atoms with Crippen molar-refractivity contribution in [3.8, 4) is 0 Å². The second-order valence-corrected chi connectivity index (χ2v) is 5.99. The highest BCUT2D eigenvalue weighted by molar-refractivity contribution is 6.31. The number of rotatable bonds is 3. The lowest BCUT2D eigenvalue weighted by Gasteiger charge is -2.25. The Kier molecular flexibility index (Phi) is 4.34. The van der Waals surface area contributed by atoms with E-state index in [1.807, 2.05) is 45.9 Å². The molecule has 94 valence electrons. The second kappa shape index (κ2) is 5.19. The van der Waals surface area contributed by atoms with Gasteiger partial charge in [0.15, 0.2) is 5.78 Å². The third-order valence-electron chi connectivity index (χ3n) is 2.85. The highest BCUT2D eigenvalue weighted by atomic mass is 35.5. The normalized spacial score (nSPS) is 13.5. The van der Waals surface area contributed by atoms with Gasteiger partial charge < -0.3 is 5.73 Å². The SMILES string of the molecule is Cc1ccc(CC(=O)C(N)C(C)(C)C)c(Cl)c1. The van der Waals surface area contributed by atoms with E-state index in [1.165, 1.54) is 0 Å². The minimum absolute atomic E-state index is 0.0308. The second-order valence-electron chi connectivity index (χ2n) is 5.58. The number of benzene rings is 1. The minimum atomic E-state index is -0.458. The molecule has 1 rings (SSSR count). The van der Waals surface area contributed by atoms with Crippen LogP contribution in [0.25, 0.3) is 0 Å². The van der Waals surface area contributed by atoms with Gasteiger partial charge in [-0.15, -0.1) is 0 Å². The van der Waals surface area contributed by atoms with Crippen molar-refractivity contribution in [3.05, 3.63) is 34.3 Å². The summed E-state index contributed by atoms with van der Waals surface area (Å²) in [5.41, 5.74) is 7.65. The van der Waals surface area contributed by atoms with Crippen LogP contribution < -0.4 is 5.73 Å². The van der Waals surface area contributed by atoms with Crippen molar-refractivity contribution < 1.29 is 4.79 Å². The summed E-state index contributed by atoms with van der Waals surface area (Å²) in [7, 11) is 0. The zero-order chi connectivity index (χ0) is 13.2. The minimum Gasteiger partial charge on any atom is -0.321 e. The van der Waals surface area contributed by atoms with Crippen LogP contribution in [0.5, 0.6) is 0 Å². The zero-order valence-electron chi connectivity index (χ0n) is 10.9. The fourth-order valence-electron chi connectivity index (χ4n) is 1.58. The molecule has 0 aromatic heterocycles. The van der Waals surface area contributed by atoms with Gasteiger partial charge in [-0.2, -0.15) is 0 Å². The number of nitrogens with two attached hydrogens (primary N) is 1. The molecule has 2 nitrogen and oxygen atoms in total. The molecule has 0 fully saturated rings. The van der Waals surface area contributed by atoms with E-state index in [9.17, 15) is 4.79 Å². The largest absolute Gasteiger partial charge is 0.321 e. The lowest BCUT2D eigenvalue weighted by atomic mass is 9.83. The van der Waals surface area contributed by atoms with E-state index in [2.05, 4.69) is 0 Å². The molecule has 0 bridgehead atoms. The van der Waals surface area contributed by atoms with Gasteiger partial charge in [0.1, 0.15) is 0 Å². The summed E-state index contributed by atoms with van der Waals surface area (Å²) in [6.07, 6.45) is 0.303. The number of aryl methyl sites for hydroxylation is 1. The van der Waals surface area contributed by atoms with Crippen molar-refractivity contribution in [2.45, 2.75) is 40.2 Å². The summed E-state index contributed by atoms with van der Waals surface area (Å²) >= 11 is 6.10. The molecule has 1 aromatic rings. The summed E-state index contributed by atoms with van der Waals surface area (Å²) in [5, 5.41) is 0.638. The molecule has 1 unspecified atom stereocenters. The maximum Gasteiger partial charge on any atom is 0.154 e. The van der Waals surface area contributed by atoms with Crippen LogP contribution in [0.3, 0.4) is 0 Å². The van der Waals surface area contributed by atoms with E-state index in [4.69, 9.17) is 17.3 Å². The van der Waals surface area contributed by atoms with Gasteiger partial charge in [-0.25, -0.2) is 0 Å². The van der Waals surface area contributed by atoms with Gasteiger partial charge in [0.25, 0.3) is 0 Å². The summed E-state index contributed by atoms with van der Waals surface area (Å²) < 4.78 is 0. The van der Waals surface area contributed by atoms with Gasteiger partial charge in [-0.05, 0) is 29.5 Å². The highest BCUT2D eigenvalue weighted by Crippen LogP contribution is 2.22. The van der Waals surface area contributed by atoms with E-state index < -0.39 is 6.04 Å². The van der Waals surface area contributed by atoms with Crippen LogP contribution in [0.4, 0.5) is 0 Å². The molecule has 0 radical (unpaired) electrons. The molecule has 0 aliphatic heterocycles. The fourth-order valence-corrected chi connectivity index (χ4v) is 1.88. The number of carbonyl (C=O) groups is 1. The van der Waals surface area contributed by atoms with Gasteiger partial charge in [0, 0.05) is 11.4 Å². The Bertz CT molecular complexity index is 421. The van der Waals surface area contributed by atoms with Crippen LogP contribution in [0.2, 0.25) is 5.02 Å². The fraction of sp³-hybridized carbons (Fsp3) is 0.500. The van der Waals surface area contributed by atoms with Crippen LogP contribution in [0.1, 0.15) is 31.9 Å². The van der Waals surface area contributed by atoms with Crippen LogP contribution >= 0.6 is 11.6 Å². The summed E-state index contributed by atoms with van der Waals surface area (Å²) in [5.74, 6) is 0.0308. The number of carbonyl (C=O) groups excluding carboxylic acids is 1. The van der Waals surface area contributed by atoms with Crippen LogP contribution in [0, 0.1) is 12.3 Å². The first-order valence-electron chi connectivity index (χ1n) is 5.75. The smallest absolute Gasteiger partial charge is 0.154 e. The van der Waals surface area contributed by atoms with Crippen LogP contribution in [-0.2, 0) is 11.2 Å². The molecule has 2 N–H and O–H groups in total. The van der Waals surface area contributed by atoms with E-state index in [0.717, 1.165) is 11.1 Å². The van der Waals surface area contributed by atoms with Crippen molar-refractivity contribution in [1.82, 2.24) is 0 Å². The van der Waals surface area contributed by atoms with E-state index >= 15 is 0 Å². The molecule has 0 saturated heterocycles. The monoisotopic (exact) mass is 253 g/mol. The maximum absolute atomic E-state index is 12.0. The van der Waals surface area contributed by atoms with Crippen molar-refractivity contribution >= 4 is 17.4 Å². The Morgan fingerprint density at radius 1 is 1.41 bits per heavy atom. The molecule has 3 heteroatoms. The summed E-state index contributed by atoms with van der Waals surface area (Å²) in [4.78, 5) is 12.0. The van der Waals surface area contributed by atoms with Crippen molar-refractivity contribution in [3.63, 3.8) is 0 Å². The van der Waals surface area contributed by atoms with Gasteiger partial charge >= 0.3 is 0 Å². The number of ketones is 1. The number of halogens is 1. The predicted octanol–water partition coefficient (Wildman–Crippen LogP) is 3.13. The lowest BCUT2D eigenvalue weighted by Crippen LogP contribution is -2.43. The highest BCUT2D eigenvalue weighted by Gasteiger charge is 2.27. The number of hydrogen-bond donors (Lipinski definition) is 1.